The zero-order valence-corrected chi connectivity index (χ0v) is 11.1. The van der Waals surface area contributed by atoms with Gasteiger partial charge in [-0.3, -0.25) is 0 Å². The van der Waals surface area contributed by atoms with Crippen molar-refractivity contribution in [2.45, 2.75) is 13.5 Å². The lowest BCUT2D eigenvalue weighted by Crippen LogP contribution is -2.03. The van der Waals surface area contributed by atoms with Crippen molar-refractivity contribution in [1.29, 1.82) is 0 Å². The van der Waals surface area contributed by atoms with Crippen LogP contribution in [-0.2, 0) is 6.54 Å². The minimum Gasteiger partial charge on any atom is -0.475 e. The predicted molar refractivity (Wildman–Crippen MR) is 63.9 cm³/mol. The average Bonchev–Trinajstić information content (AvgIpc) is 2.85. The molecule has 2 aromatic rings. The summed E-state index contributed by atoms with van der Waals surface area (Å²) >= 11 is 3.04. The number of aromatic carboxylic acids is 1. The second-order valence-electron chi connectivity index (χ2n) is 3.59. The minimum absolute atomic E-state index is 0.115. The molecule has 1 N–H and O–H groups in total. The van der Waals surface area contributed by atoms with Crippen LogP contribution in [0.5, 0.6) is 0 Å². The molecule has 2 heterocycles. The van der Waals surface area contributed by atoms with Gasteiger partial charge in [-0.2, -0.15) is 4.68 Å². The Labute approximate surface area is 114 Å². The molecule has 10 heteroatoms. The van der Waals surface area contributed by atoms with E-state index in [0.717, 1.165) is 0 Å². The first-order valence-corrected chi connectivity index (χ1v) is 5.75. The first-order chi connectivity index (χ1) is 8.88. The van der Waals surface area contributed by atoms with Crippen LogP contribution < -0.4 is 0 Å². The van der Waals surface area contributed by atoms with Crippen LogP contribution in [0.15, 0.2) is 15.2 Å². The molecule has 0 saturated heterocycles. The topological polar surface area (TPSA) is 124 Å². The summed E-state index contributed by atoms with van der Waals surface area (Å²) in [5.41, 5.74) is 0.554. The Morgan fingerprint density at radius 3 is 2.84 bits per heavy atom. The second-order valence-corrected chi connectivity index (χ2v) is 4.30. The maximum absolute atomic E-state index is 10.8. The van der Waals surface area contributed by atoms with E-state index in [1.54, 1.807) is 6.92 Å². The molecule has 0 aliphatic heterocycles. The van der Waals surface area contributed by atoms with Gasteiger partial charge in [-0.25, -0.2) is 4.79 Å². The molecule has 0 bridgehead atoms. The Morgan fingerprint density at radius 1 is 1.68 bits per heavy atom. The van der Waals surface area contributed by atoms with Crippen LogP contribution in [0.3, 0.4) is 0 Å². The Hall–Kier alpha value is -2.23. The van der Waals surface area contributed by atoms with Gasteiger partial charge in [-0.1, -0.05) is 0 Å². The van der Waals surface area contributed by atoms with Gasteiger partial charge < -0.3 is 19.6 Å². The van der Waals surface area contributed by atoms with Crippen molar-refractivity contribution in [3.8, 4) is 0 Å². The molecule has 19 heavy (non-hydrogen) atoms. The van der Waals surface area contributed by atoms with E-state index < -0.39 is 16.8 Å². The number of carboxylic acid groups (broad SMARTS) is 1. The maximum Gasteiger partial charge on any atom is 0.492 e. The van der Waals surface area contributed by atoms with E-state index in [1.807, 2.05) is 0 Å². The van der Waals surface area contributed by atoms with Gasteiger partial charge in [0.05, 0.1) is 6.54 Å². The molecule has 0 fully saturated rings. The minimum atomic E-state index is -1.18. The largest absolute Gasteiger partial charge is 0.492 e. The smallest absolute Gasteiger partial charge is 0.475 e. The Morgan fingerprint density at radius 2 is 2.37 bits per heavy atom. The highest BCUT2D eigenvalue weighted by molar-refractivity contribution is 9.10. The number of hydrogen-bond donors (Lipinski definition) is 1. The molecule has 2 aromatic heterocycles. The first-order valence-electron chi connectivity index (χ1n) is 4.96. The summed E-state index contributed by atoms with van der Waals surface area (Å²) in [7, 11) is 0. The van der Waals surface area contributed by atoms with Gasteiger partial charge >= 0.3 is 11.9 Å². The van der Waals surface area contributed by atoms with Gasteiger partial charge in [0, 0.05) is 26.6 Å². The number of rotatable bonds is 4. The van der Waals surface area contributed by atoms with Crippen molar-refractivity contribution >= 4 is 27.8 Å². The second kappa shape index (κ2) is 4.80. The SMILES string of the molecule is Cc1oc(C(=O)O)cc1Cn1nc([N+](=O)[O-])nc1Br. The molecule has 2 rings (SSSR count). The van der Waals surface area contributed by atoms with Crippen molar-refractivity contribution in [2.24, 2.45) is 0 Å². The van der Waals surface area contributed by atoms with E-state index in [2.05, 4.69) is 26.0 Å². The standard InChI is InChI=1S/C9H7BrN4O5/c1-4-5(2-6(19-4)7(15)16)3-13-8(10)11-9(12-13)14(17)18/h2H,3H2,1H3,(H,15,16). The zero-order valence-electron chi connectivity index (χ0n) is 9.53. The highest BCUT2D eigenvalue weighted by Gasteiger charge is 2.21. The van der Waals surface area contributed by atoms with Crippen molar-refractivity contribution < 1.29 is 19.2 Å². The van der Waals surface area contributed by atoms with E-state index in [0.29, 0.717) is 11.3 Å². The number of halogens is 1. The lowest BCUT2D eigenvalue weighted by atomic mass is 10.2. The van der Waals surface area contributed by atoms with Crippen LogP contribution in [0.25, 0.3) is 0 Å². The van der Waals surface area contributed by atoms with Crippen LogP contribution in [-0.4, -0.2) is 30.8 Å². The average molecular weight is 331 g/mol. The maximum atomic E-state index is 10.8. The lowest BCUT2D eigenvalue weighted by molar-refractivity contribution is -0.394. The van der Waals surface area contributed by atoms with E-state index in [-0.39, 0.29) is 17.0 Å². The summed E-state index contributed by atoms with van der Waals surface area (Å²) in [6, 6.07) is 1.34. The normalized spacial score (nSPS) is 10.6. The molecule has 100 valence electrons. The summed E-state index contributed by atoms with van der Waals surface area (Å²) in [5.74, 6) is -1.51. The molecule has 0 atom stereocenters. The molecular formula is C9H7BrN4O5. The fourth-order valence-electron chi connectivity index (χ4n) is 1.43. The van der Waals surface area contributed by atoms with Crippen molar-refractivity contribution in [2.75, 3.05) is 0 Å². The van der Waals surface area contributed by atoms with Crippen LogP contribution in [0.2, 0.25) is 0 Å². The third-order valence-corrected chi connectivity index (χ3v) is 2.92. The first kappa shape index (κ1) is 13.2. The predicted octanol–water partition coefficient (Wildman–Crippen LogP) is 1.60. The highest BCUT2D eigenvalue weighted by Crippen LogP contribution is 2.19. The Bertz CT molecular complexity index is 605. The van der Waals surface area contributed by atoms with Gasteiger partial charge in [-0.05, 0) is 22.9 Å². The molecule has 0 radical (unpaired) electrons. The molecule has 0 saturated carbocycles. The summed E-state index contributed by atoms with van der Waals surface area (Å²) < 4.78 is 6.45. The summed E-state index contributed by atoms with van der Waals surface area (Å²) in [5, 5.41) is 23.0. The van der Waals surface area contributed by atoms with Gasteiger partial charge in [0.1, 0.15) is 5.76 Å². The number of aryl methyl sites for hydroxylation is 1. The quantitative estimate of drug-likeness (QED) is 0.666. The van der Waals surface area contributed by atoms with Crippen molar-refractivity contribution in [3.63, 3.8) is 0 Å². The van der Waals surface area contributed by atoms with Gasteiger partial charge in [0.25, 0.3) is 4.73 Å². The molecule has 0 aliphatic rings. The van der Waals surface area contributed by atoms with Crippen LogP contribution >= 0.6 is 15.9 Å². The third-order valence-electron chi connectivity index (χ3n) is 2.33. The van der Waals surface area contributed by atoms with E-state index in [1.165, 1.54) is 10.7 Å². The van der Waals surface area contributed by atoms with Gasteiger partial charge in [0.2, 0.25) is 5.76 Å². The Kier molecular flexibility index (Phi) is 3.34. The number of furan rings is 1. The molecule has 0 amide bonds. The highest BCUT2D eigenvalue weighted by atomic mass is 79.9. The van der Waals surface area contributed by atoms with Crippen LogP contribution in [0, 0.1) is 17.0 Å². The number of aromatic nitrogens is 3. The number of carbonyl (C=O) groups is 1. The lowest BCUT2D eigenvalue weighted by Gasteiger charge is -1.95. The Balaban J connectivity index is 2.30. The van der Waals surface area contributed by atoms with Gasteiger partial charge in [0.15, 0.2) is 0 Å². The summed E-state index contributed by atoms with van der Waals surface area (Å²) in [6.07, 6.45) is 0. The molecule has 0 unspecified atom stereocenters. The number of nitrogens with zero attached hydrogens (tertiary/aromatic N) is 4. The number of carboxylic acids is 1. The molecule has 0 spiro atoms. The third kappa shape index (κ3) is 2.62. The van der Waals surface area contributed by atoms with E-state index >= 15 is 0 Å². The zero-order chi connectivity index (χ0) is 14.2. The summed E-state index contributed by atoms with van der Waals surface area (Å²) in [4.78, 5) is 24.2. The number of hydrogen-bond acceptors (Lipinski definition) is 6. The number of nitro groups is 1. The molecule has 0 aliphatic carbocycles. The van der Waals surface area contributed by atoms with Crippen molar-refractivity contribution in [3.05, 3.63) is 38.0 Å². The molecule has 0 aromatic carbocycles. The van der Waals surface area contributed by atoms with Crippen LogP contribution in [0.4, 0.5) is 5.95 Å². The van der Waals surface area contributed by atoms with E-state index in [9.17, 15) is 14.9 Å². The molecule has 9 nitrogen and oxygen atoms in total. The van der Waals surface area contributed by atoms with Gasteiger partial charge in [-0.15, -0.1) is 0 Å². The van der Waals surface area contributed by atoms with Crippen molar-refractivity contribution in [1.82, 2.24) is 14.8 Å². The summed E-state index contributed by atoms with van der Waals surface area (Å²) in [6.45, 7) is 1.71. The fraction of sp³-hybridized carbons (Fsp3) is 0.222. The van der Waals surface area contributed by atoms with E-state index in [4.69, 9.17) is 9.52 Å². The monoisotopic (exact) mass is 330 g/mol. The molecular weight excluding hydrogens is 324 g/mol. The fourth-order valence-corrected chi connectivity index (χ4v) is 1.80. The van der Waals surface area contributed by atoms with Crippen LogP contribution in [0.1, 0.15) is 21.9 Å².